The van der Waals surface area contributed by atoms with Crippen LogP contribution >= 0.6 is 11.6 Å². The highest BCUT2D eigenvalue weighted by atomic mass is 35.5. The lowest BCUT2D eigenvalue weighted by molar-refractivity contribution is 0.289. The maximum Gasteiger partial charge on any atom is 0.128 e. The van der Waals surface area contributed by atoms with E-state index < -0.39 is 0 Å². The fraction of sp³-hybridized carbons (Fsp3) is 0.529. The van der Waals surface area contributed by atoms with Gasteiger partial charge in [-0.25, -0.2) is 4.98 Å². The number of halogens is 1. The molecular formula is C17H20ClN3. The largest absolute Gasteiger partial charge is 0.324 e. The number of fused-ring (bicyclic) bond motifs is 1. The van der Waals surface area contributed by atoms with Gasteiger partial charge in [0.05, 0.1) is 16.5 Å². The molecule has 0 saturated heterocycles. The lowest BCUT2D eigenvalue weighted by atomic mass is 9.87. The fourth-order valence-electron chi connectivity index (χ4n) is 3.39. The third-order valence-corrected chi connectivity index (χ3v) is 4.77. The Morgan fingerprint density at radius 3 is 2.67 bits per heavy atom. The molecule has 3 rings (SSSR count). The summed E-state index contributed by atoms with van der Waals surface area (Å²) in [5, 5.41) is 9.14. The zero-order valence-electron chi connectivity index (χ0n) is 12.5. The van der Waals surface area contributed by atoms with E-state index in [1.165, 1.54) is 25.7 Å². The zero-order chi connectivity index (χ0) is 15.0. The monoisotopic (exact) mass is 301 g/mol. The van der Waals surface area contributed by atoms with Crippen LogP contribution in [0.2, 0.25) is 0 Å². The fourth-order valence-corrected chi connectivity index (χ4v) is 3.54. The lowest BCUT2D eigenvalue weighted by Crippen LogP contribution is -2.19. The summed E-state index contributed by atoms with van der Waals surface area (Å²) in [6.07, 6.45) is 4.83. The molecule has 0 N–H and O–H groups in total. The Morgan fingerprint density at radius 2 is 2.05 bits per heavy atom. The molecule has 0 amide bonds. The molecule has 1 atom stereocenters. The number of rotatable bonds is 2. The van der Waals surface area contributed by atoms with E-state index >= 15 is 0 Å². The summed E-state index contributed by atoms with van der Waals surface area (Å²) >= 11 is 6.36. The van der Waals surface area contributed by atoms with Gasteiger partial charge in [0.25, 0.3) is 0 Å². The summed E-state index contributed by atoms with van der Waals surface area (Å²) in [4.78, 5) is 4.69. The first-order valence-electron chi connectivity index (χ1n) is 7.66. The van der Waals surface area contributed by atoms with Gasteiger partial charge in [0.1, 0.15) is 17.4 Å². The van der Waals surface area contributed by atoms with Crippen LogP contribution in [0, 0.1) is 17.2 Å². The Balaban J connectivity index is 2.15. The average Bonchev–Trinajstić information content (AvgIpc) is 2.87. The summed E-state index contributed by atoms with van der Waals surface area (Å²) in [7, 11) is 0. The maximum atomic E-state index is 9.29. The van der Waals surface area contributed by atoms with Crippen molar-refractivity contribution in [3.8, 4) is 6.07 Å². The molecule has 1 fully saturated rings. The molecule has 110 valence electrons. The van der Waals surface area contributed by atoms with Gasteiger partial charge < -0.3 is 4.57 Å². The number of aromatic nitrogens is 2. The second-order valence-electron chi connectivity index (χ2n) is 6.15. The summed E-state index contributed by atoms with van der Waals surface area (Å²) in [5.41, 5.74) is 2.48. The van der Waals surface area contributed by atoms with Gasteiger partial charge in [-0.05, 0) is 50.7 Å². The lowest BCUT2D eigenvalue weighted by Gasteiger charge is -2.29. The standard InChI is InChI=1S/C17H20ClN3/c1-11-6-8-14(9-7-11)21-15-5-3-4-13(10-19)16(15)20-17(21)12(2)18/h3-5,11-12,14H,6-9H2,1-2H3. The van der Waals surface area contributed by atoms with E-state index in [0.29, 0.717) is 11.6 Å². The Kier molecular flexibility index (Phi) is 3.91. The number of hydrogen-bond acceptors (Lipinski definition) is 2. The van der Waals surface area contributed by atoms with Gasteiger partial charge in [-0.1, -0.05) is 13.0 Å². The molecule has 1 aliphatic rings. The summed E-state index contributed by atoms with van der Waals surface area (Å²) < 4.78 is 2.29. The SMILES string of the molecule is CC1CCC(n2c(C(C)Cl)nc3c(C#N)cccc32)CC1. The topological polar surface area (TPSA) is 41.6 Å². The molecule has 21 heavy (non-hydrogen) atoms. The molecule has 0 spiro atoms. The number of nitriles is 1. The average molecular weight is 302 g/mol. The van der Waals surface area contributed by atoms with E-state index in [0.717, 1.165) is 22.8 Å². The number of imidazole rings is 1. The Bertz CT molecular complexity index is 688. The minimum absolute atomic E-state index is 0.150. The molecule has 1 aromatic carbocycles. The van der Waals surface area contributed by atoms with E-state index in [1.54, 1.807) is 0 Å². The van der Waals surface area contributed by atoms with Gasteiger partial charge in [0, 0.05) is 6.04 Å². The van der Waals surface area contributed by atoms with Gasteiger partial charge in [-0.2, -0.15) is 5.26 Å². The molecule has 2 aromatic rings. The van der Waals surface area contributed by atoms with Crippen LogP contribution in [-0.2, 0) is 0 Å². The predicted octanol–water partition coefficient (Wildman–Crippen LogP) is 4.96. The Morgan fingerprint density at radius 1 is 1.33 bits per heavy atom. The van der Waals surface area contributed by atoms with Gasteiger partial charge in [-0.15, -0.1) is 11.6 Å². The van der Waals surface area contributed by atoms with Crippen molar-refractivity contribution in [2.45, 2.75) is 50.9 Å². The highest BCUT2D eigenvalue weighted by Gasteiger charge is 2.26. The van der Waals surface area contributed by atoms with Crippen molar-refractivity contribution in [3.05, 3.63) is 29.6 Å². The Labute approximate surface area is 130 Å². The number of benzene rings is 1. The van der Waals surface area contributed by atoms with Crippen LogP contribution in [-0.4, -0.2) is 9.55 Å². The maximum absolute atomic E-state index is 9.29. The quantitative estimate of drug-likeness (QED) is 0.736. The summed E-state index contributed by atoms with van der Waals surface area (Å²) in [6.45, 7) is 4.28. The van der Waals surface area contributed by atoms with Crippen molar-refractivity contribution < 1.29 is 0 Å². The highest BCUT2D eigenvalue weighted by molar-refractivity contribution is 6.20. The van der Waals surface area contributed by atoms with Gasteiger partial charge in [0.15, 0.2) is 0 Å². The van der Waals surface area contributed by atoms with Crippen molar-refractivity contribution in [2.75, 3.05) is 0 Å². The molecule has 0 bridgehead atoms. The zero-order valence-corrected chi connectivity index (χ0v) is 13.3. The van der Waals surface area contributed by atoms with Gasteiger partial charge >= 0.3 is 0 Å². The van der Waals surface area contributed by atoms with Crippen molar-refractivity contribution in [1.29, 1.82) is 5.26 Å². The van der Waals surface area contributed by atoms with E-state index in [2.05, 4.69) is 28.6 Å². The number of nitrogens with zero attached hydrogens (tertiary/aromatic N) is 3. The van der Waals surface area contributed by atoms with Crippen LogP contribution in [0.3, 0.4) is 0 Å². The van der Waals surface area contributed by atoms with Crippen LogP contribution < -0.4 is 0 Å². The van der Waals surface area contributed by atoms with Gasteiger partial charge in [-0.3, -0.25) is 0 Å². The first-order valence-corrected chi connectivity index (χ1v) is 8.10. The Hall–Kier alpha value is -1.53. The molecule has 4 heteroatoms. The minimum atomic E-state index is -0.150. The van der Waals surface area contributed by atoms with Crippen molar-refractivity contribution in [3.63, 3.8) is 0 Å². The van der Waals surface area contributed by atoms with Crippen molar-refractivity contribution in [2.24, 2.45) is 5.92 Å². The molecule has 3 nitrogen and oxygen atoms in total. The summed E-state index contributed by atoms with van der Waals surface area (Å²) in [6, 6.07) is 8.52. The van der Waals surface area contributed by atoms with Crippen LogP contribution in [0.15, 0.2) is 18.2 Å². The van der Waals surface area contributed by atoms with E-state index in [4.69, 9.17) is 11.6 Å². The third kappa shape index (κ3) is 2.53. The third-order valence-electron chi connectivity index (χ3n) is 4.57. The summed E-state index contributed by atoms with van der Waals surface area (Å²) in [5.74, 6) is 1.71. The second-order valence-corrected chi connectivity index (χ2v) is 6.81. The van der Waals surface area contributed by atoms with E-state index in [-0.39, 0.29) is 5.38 Å². The molecule has 0 radical (unpaired) electrons. The van der Waals surface area contributed by atoms with Crippen LogP contribution in [0.4, 0.5) is 0 Å². The molecule has 1 saturated carbocycles. The predicted molar refractivity (Wildman–Crippen MR) is 85.4 cm³/mol. The molecule has 1 aliphatic carbocycles. The second kappa shape index (κ2) is 5.69. The smallest absolute Gasteiger partial charge is 0.128 e. The number of para-hydroxylation sites is 1. The van der Waals surface area contributed by atoms with Gasteiger partial charge in [0.2, 0.25) is 0 Å². The van der Waals surface area contributed by atoms with Crippen LogP contribution in [0.25, 0.3) is 11.0 Å². The molecular weight excluding hydrogens is 282 g/mol. The van der Waals surface area contributed by atoms with Crippen LogP contribution in [0.5, 0.6) is 0 Å². The van der Waals surface area contributed by atoms with Crippen molar-refractivity contribution in [1.82, 2.24) is 9.55 Å². The first-order chi connectivity index (χ1) is 10.1. The molecule has 0 aliphatic heterocycles. The van der Waals surface area contributed by atoms with Crippen molar-refractivity contribution >= 4 is 22.6 Å². The van der Waals surface area contributed by atoms with Crippen LogP contribution in [0.1, 0.15) is 62.3 Å². The van der Waals surface area contributed by atoms with E-state index in [1.807, 2.05) is 19.1 Å². The molecule has 1 unspecified atom stereocenters. The van der Waals surface area contributed by atoms with E-state index in [9.17, 15) is 5.26 Å². The first kappa shape index (κ1) is 14.4. The molecule has 1 heterocycles. The number of alkyl halides is 1. The molecule has 1 aromatic heterocycles. The highest BCUT2D eigenvalue weighted by Crippen LogP contribution is 2.37. The number of hydrogen-bond donors (Lipinski definition) is 0. The minimum Gasteiger partial charge on any atom is -0.324 e. The normalized spacial score (nSPS) is 23.9.